The van der Waals surface area contributed by atoms with E-state index in [1.807, 2.05) is 13.0 Å². The van der Waals surface area contributed by atoms with Gasteiger partial charge in [-0.1, -0.05) is 41.8 Å². The number of rotatable bonds is 4. The highest BCUT2D eigenvalue weighted by atomic mass is 19.4. The molecule has 1 saturated heterocycles. The minimum atomic E-state index is -4.64. The zero-order valence-corrected chi connectivity index (χ0v) is 23.3. The predicted molar refractivity (Wildman–Crippen MR) is 150 cm³/mol. The minimum absolute atomic E-state index is 0.0113. The molecule has 1 heterocycles. The lowest BCUT2D eigenvalue weighted by Gasteiger charge is -2.54. The van der Waals surface area contributed by atoms with Gasteiger partial charge in [-0.2, -0.15) is 18.1 Å². The van der Waals surface area contributed by atoms with Crippen LogP contribution >= 0.6 is 0 Å². The summed E-state index contributed by atoms with van der Waals surface area (Å²) in [5.74, 6) is 4.09. The maximum atomic E-state index is 13.4. The van der Waals surface area contributed by atoms with E-state index in [-0.39, 0.29) is 29.6 Å². The van der Waals surface area contributed by atoms with Gasteiger partial charge in [0.2, 0.25) is 0 Å². The van der Waals surface area contributed by atoms with Crippen molar-refractivity contribution in [3.63, 3.8) is 0 Å². The number of carbonyl (C=O) groups excluding carboxylic acids is 1. The monoisotopic (exact) mass is 550 g/mol. The highest BCUT2D eigenvalue weighted by molar-refractivity contribution is 5.87. The Morgan fingerprint density at radius 3 is 2.45 bits per heavy atom. The molecule has 4 aliphatic carbocycles. The summed E-state index contributed by atoms with van der Waals surface area (Å²) in [6, 6.07) is 8.44. The van der Waals surface area contributed by atoms with Crippen molar-refractivity contribution in [2.45, 2.75) is 89.8 Å². The molecule has 2 unspecified atom stereocenters. The van der Waals surface area contributed by atoms with E-state index in [0.717, 1.165) is 37.9 Å². The lowest BCUT2D eigenvalue weighted by atomic mass is 9.48. The summed E-state index contributed by atoms with van der Waals surface area (Å²) in [6.07, 6.45) is 4.64. The molecule has 0 aromatic heterocycles. The first-order chi connectivity index (χ1) is 19.1. The van der Waals surface area contributed by atoms with Gasteiger partial charge in [0, 0.05) is 30.6 Å². The van der Waals surface area contributed by atoms with Crippen molar-refractivity contribution in [2.75, 3.05) is 18.0 Å². The normalized spacial score (nSPS) is 35.2. The topological polar surface area (TPSA) is 49.7 Å². The molecule has 0 N–H and O–H groups in total. The Morgan fingerprint density at radius 2 is 1.80 bits per heavy atom. The van der Waals surface area contributed by atoms with Crippen LogP contribution in [0.15, 0.2) is 52.2 Å². The fourth-order valence-corrected chi connectivity index (χ4v) is 9.13. The molecule has 4 nitrogen and oxygen atoms in total. The van der Waals surface area contributed by atoms with E-state index in [1.54, 1.807) is 0 Å². The molecule has 1 aromatic carbocycles. The number of carbonyl (C=O) groups is 1. The first-order valence-electron chi connectivity index (χ1n) is 14.8. The molecule has 6 atom stereocenters. The summed E-state index contributed by atoms with van der Waals surface area (Å²) in [4.78, 5) is 27.1. The van der Waals surface area contributed by atoms with Crippen LogP contribution < -0.4 is 4.90 Å². The van der Waals surface area contributed by atoms with Crippen LogP contribution in [0.4, 0.5) is 18.9 Å². The maximum absolute atomic E-state index is 13.4. The first kappa shape index (κ1) is 27.3. The SMILES string of the molecule is CC(=O)[C@@]1(C#CC(F)(F)F)CC[C@H]2[C@@H]3CCC4=CC(N=O)CCC4=C3C(c3ccc(N4CCCC4)cc3)C[C@@]21C. The number of halogens is 3. The first-order valence-corrected chi connectivity index (χ1v) is 14.8. The molecular weight excluding hydrogens is 513 g/mol. The largest absolute Gasteiger partial charge is 0.457 e. The summed E-state index contributed by atoms with van der Waals surface area (Å²) >= 11 is 0. The number of hydrogen-bond acceptors (Lipinski definition) is 4. The second kappa shape index (κ2) is 9.89. The molecule has 1 aliphatic heterocycles. The van der Waals surface area contributed by atoms with E-state index in [9.17, 15) is 22.9 Å². The number of fused-ring (bicyclic) bond motifs is 4. The number of hydrogen-bond donors (Lipinski definition) is 0. The third kappa shape index (κ3) is 4.33. The number of allylic oxidation sites excluding steroid dienone is 3. The van der Waals surface area contributed by atoms with E-state index in [1.165, 1.54) is 48.1 Å². The fourth-order valence-electron chi connectivity index (χ4n) is 9.13. The van der Waals surface area contributed by atoms with Crippen LogP contribution in [0.2, 0.25) is 0 Å². The molecule has 212 valence electrons. The molecule has 7 heteroatoms. The van der Waals surface area contributed by atoms with Crippen LogP contribution in [-0.2, 0) is 4.79 Å². The molecule has 0 spiro atoms. The van der Waals surface area contributed by atoms with E-state index in [2.05, 4.69) is 40.3 Å². The van der Waals surface area contributed by atoms with Crippen molar-refractivity contribution >= 4 is 11.5 Å². The molecule has 2 saturated carbocycles. The number of anilines is 1. The molecule has 40 heavy (non-hydrogen) atoms. The summed E-state index contributed by atoms with van der Waals surface area (Å²) < 4.78 is 40.1. The lowest BCUT2D eigenvalue weighted by molar-refractivity contribution is -0.130. The summed E-state index contributed by atoms with van der Waals surface area (Å²) in [5.41, 5.74) is 4.30. The van der Waals surface area contributed by atoms with Gasteiger partial charge in [-0.25, -0.2) is 0 Å². The molecule has 0 bridgehead atoms. The van der Waals surface area contributed by atoms with Crippen LogP contribution in [0, 0.1) is 39.4 Å². The number of nitrogens with zero attached hydrogens (tertiary/aromatic N) is 2. The molecule has 0 radical (unpaired) electrons. The predicted octanol–water partition coefficient (Wildman–Crippen LogP) is 7.89. The van der Waals surface area contributed by atoms with E-state index in [0.29, 0.717) is 25.7 Å². The Morgan fingerprint density at radius 1 is 1.07 bits per heavy atom. The molecule has 0 amide bonds. The van der Waals surface area contributed by atoms with Gasteiger partial charge >= 0.3 is 6.18 Å². The summed E-state index contributed by atoms with van der Waals surface area (Å²) in [6.45, 7) is 5.59. The quantitative estimate of drug-likeness (QED) is 0.283. The Bertz CT molecular complexity index is 1330. The van der Waals surface area contributed by atoms with Gasteiger partial charge < -0.3 is 4.90 Å². The number of Topliss-reactive ketones (excluding diaryl/α,β-unsaturated/α-hetero) is 1. The van der Waals surface area contributed by atoms with Gasteiger partial charge in [0.25, 0.3) is 0 Å². The Balaban J connectivity index is 1.48. The zero-order chi connectivity index (χ0) is 28.3. The molecule has 6 rings (SSSR count). The molecular formula is C33H37F3N2O2. The van der Waals surface area contributed by atoms with Gasteiger partial charge in [-0.05, 0) is 111 Å². The van der Waals surface area contributed by atoms with Gasteiger partial charge in [0.05, 0.1) is 5.41 Å². The zero-order valence-electron chi connectivity index (χ0n) is 23.3. The third-order valence-electron chi connectivity index (χ3n) is 11.0. The van der Waals surface area contributed by atoms with Crippen LogP contribution in [-0.4, -0.2) is 31.1 Å². The van der Waals surface area contributed by atoms with Gasteiger partial charge in [0.15, 0.2) is 0 Å². The fraction of sp³-hybridized carbons (Fsp3) is 0.606. The second-order valence-electron chi connectivity index (χ2n) is 12.8. The van der Waals surface area contributed by atoms with Crippen molar-refractivity contribution < 1.29 is 18.0 Å². The van der Waals surface area contributed by atoms with Crippen molar-refractivity contribution in [3.05, 3.63) is 57.5 Å². The maximum Gasteiger partial charge on any atom is 0.457 e. The second-order valence-corrected chi connectivity index (χ2v) is 12.8. The average Bonchev–Trinajstić information content (AvgIpc) is 3.57. The number of nitroso groups, excluding NO2 is 1. The Labute approximate surface area is 234 Å². The highest BCUT2D eigenvalue weighted by Gasteiger charge is 2.65. The average molecular weight is 551 g/mol. The van der Waals surface area contributed by atoms with Crippen LogP contribution in [0.3, 0.4) is 0 Å². The van der Waals surface area contributed by atoms with Crippen LogP contribution in [0.1, 0.15) is 83.1 Å². The Hall–Kier alpha value is -2.88. The van der Waals surface area contributed by atoms with Gasteiger partial charge in [-0.3, -0.25) is 4.79 Å². The number of benzene rings is 1. The van der Waals surface area contributed by atoms with E-state index < -0.39 is 17.0 Å². The van der Waals surface area contributed by atoms with Crippen molar-refractivity contribution in [1.82, 2.24) is 0 Å². The van der Waals surface area contributed by atoms with E-state index in [4.69, 9.17) is 0 Å². The van der Waals surface area contributed by atoms with Crippen LogP contribution in [0.5, 0.6) is 0 Å². The van der Waals surface area contributed by atoms with Gasteiger partial charge in [-0.15, -0.1) is 0 Å². The van der Waals surface area contributed by atoms with Gasteiger partial charge in [0.1, 0.15) is 11.8 Å². The molecule has 3 fully saturated rings. The minimum Gasteiger partial charge on any atom is -0.372 e. The standard InChI is InChI=1S/C33H37F3N2O2/c1-21(39)32(15-16-33(34,35)36)14-13-29-27-11-7-23-19-24(37-40)8-12-26(23)30(27)28(20-31(29,32)2)22-5-9-25(10-6-22)38-17-3-4-18-38/h5-6,9-10,19,24,27-29H,3-4,7-8,11-14,17-18,20H2,1-2H3/t24?,27-,28?,29-,31-,32-/m0/s1. The third-order valence-corrected chi connectivity index (χ3v) is 11.0. The molecule has 1 aromatic rings. The lowest BCUT2D eigenvalue weighted by Crippen LogP contribution is -2.50. The van der Waals surface area contributed by atoms with Crippen molar-refractivity contribution in [1.29, 1.82) is 0 Å². The smallest absolute Gasteiger partial charge is 0.372 e. The van der Waals surface area contributed by atoms with Crippen LogP contribution in [0.25, 0.3) is 0 Å². The summed E-state index contributed by atoms with van der Waals surface area (Å²) in [5, 5.41) is 3.31. The number of alkyl halides is 3. The van der Waals surface area contributed by atoms with Crippen molar-refractivity contribution in [2.24, 2.45) is 27.8 Å². The number of ketones is 1. The summed E-state index contributed by atoms with van der Waals surface area (Å²) in [7, 11) is 0. The Kier molecular flexibility index (Phi) is 6.75. The van der Waals surface area contributed by atoms with E-state index >= 15 is 0 Å². The highest BCUT2D eigenvalue weighted by Crippen LogP contribution is 2.69. The van der Waals surface area contributed by atoms with Crippen molar-refractivity contribution in [3.8, 4) is 11.8 Å². The molecule has 5 aliphatic rings.